The minimum atomic E-state index is -0.0270. The van der Waals surface area contributed by atoms with Gasteiger partial charge in [0.05, 0.1) is 16.8 Å². The zero-order chi connectivity index (χ0) is 18.3. The number of likely N-dealkylation sites (tertiary alicyclic amines) is 2. The van der Waals surface area contributed by atoms with Crippen molar-refractivity contribution in [3.8, 4) is 0 Å². The average Bonchev–Trinajstić information content (AvgIpc) is 3.44. The van der Waals surface area contributed by atoms with Crippen LogP contribution in [0.4, 0.5) is 10.5 Å². The molecule has 140 valence electrons. The Morgan fingerprint density at radius 2 is 1.78 bits per heavy atom. The minimum absolute atomic E-state index is 0.0270. The summed E-state index contributed by atoms with van der Waals surface area (Å²) in [5.74, 6) is 0. The van der Waals surface area contributed by atoms with Crippen molar-refractivity contribution in [2.75, 3.05) is 37.6 Å². The van der Waals surface area contributed by atoms with E-state index in [1.165, 1.54) is 16.9 Å². The molecule has 0 saturated carbocycles. The third-order valence-corrected chi connectivity index (χ3v) is 6.34. The fourth-order valence-electron chi connectivity index (χ4n) is 5.00. The summed E-state index contributed by atoms with van der Waals surface area (Å²) in [6, 6.07) is 15.0. The van der Waals surface area contributed by atoms with Crippen LogP contribution in [0.3, 0.4) is 0 Å². The molecule has 2 amide bonds. The molecule has 2 saturated heterocycles. The van der Waals surface area contributed by atoms with E-state index in [1.54, 1.807) is 0 Å². The van der Waals surface area contributed by atoms with Gasteiger partial charge in [0.25, 0.3) is 0 Å². The van der Waals surface area contributed by atoms with Crippen molar-refractivity contribution in [1.29, 1.82) is 0 Å². The SMILES string of the molecule is O=C(N1CCCC1)N1CC[C@]2(C1)CN(Cc1ccccc1)c1cccnc12. The Labute approximate surface area is 160 Å². The molecule has 4 heterocycles. The second-order valence-corrected chi connectivity index (χ2v) is 8.14. The number of hydrogen-bond donors (Lipinski definition) is 0. The number of fused-ring (bicyclic) bond motifs is 2. The largest absolute Gasteiger partial charge is 0.365 e. The summed E-state index contributed by atoms with van der Waals surface area (Å²) in [6.45, 7) is 5.29. The van der Waals surface area contributed by atoms with Gasteiger partial charge in [0, 0.05) is 45.5 Å². The molecule has 27 heavy (non-hydrogen) atoms. The Morgan fingerprint density at radius 1 is 0.963 bits per heavy atom. The van der Waals surface area contributed by atoms with E-state index in [9.17, 15) is 4.79 Å². The van der Waals surface area contributed by atoms with Crippen LogP contribution < -0.4 is 4.90 Å². The number of carbonyl (C=O) groups excluding carboxylic acids is 1. The Bertz CT molecular complexity index is 833. The lowest BCUT2D eigenvalue weighted by Crippen LogP contribution is -2.43. The van der Waals surface area contributed by atoms with E-state index in [0.717, 1.165) is 58.5 Å². The molecule has 1 aromatic heterocycles. The number of nitrogens with zero attached hydrogens (tertiary/aromatic N) is 4. The summed E-state index contributed by atoms with van der Waals surface area (Å²) in [7, 11) is 0. The molecular weight excluding hydrogens is 336 g/mol. The van der Waals surface area contributed by atoms with Crippen LogP contribution in [0.25, 0.3) is 0 Å². The van der Waals surface area contributed by atoms with Crippen LogP contribution >= 0.6 is 0 Å². The molecule has 0 unspecified atom stereocenters. The van der Waals surface area contributed by atoms with Crippen LogP contribution in [0.15, 0.2) is 48.7 Å². The highest BCUT2D eigenvalue weighted by Crippen LogP contribution is 2.45. The molecule has 3 aliphatic heterocycles. The molecule has 5 nitrogen and oxygen atoms in total. The molecule has 2 fully saturated rings. The predicted octanol–water partition coefficient (Wildman–Crippen LogP) is 3.26. The van der Waals surface area contributed by atoms with Crippen LogP contribution in [0.5, 0.6) is 0 Å². The highest BCUT2D eigenvalue weighted by molar-refractivity contribution is 5.76. The molecular formula is C22H26N4O. The lowest BCUT2D eigenvalue weighted by atomic mass is 9.85. The Balaban J connectivity index is 1.39. The zero-order valence-corrected chi connectivity index (χ0v) is 15.7. The molecule has 0 N–H and O–H groups in total. The van der Waals surface area contributed by atoms with Gasteiger partial charge in [-0.1, -0.05) is 30.3 Å². The third kappa shape index (κ3) is 2.85. The number of carbonyl (C=O) groups is 1. The van der Waals surface area contributed by atoms with E-state index in [0.29, 0.717) is 0 Å². The van der Waals surface area contributed by atoms with E-state index in [4.69, 9.17) is 4.98 Å². The monoisotopic (exact) mass is 362 g/mol. The summed E-state index contributed by atoms with van der Waals surface area (Å²) < 4.78 is 0. The standard InChI is InChI=1S/C22H26N4O/c27-21(24-12-4-5-13-24)25-14-10-22(16-25)17-26(15-18-7-2-1-3-8-18)19-9-6-11-23-20(19)22/h1-3,6-9,11H,4-5,10,12-17H2/t22-/m0/s1. The van der Waals surface area contributed by atoms with Gasteiger partial charge in [-0.3, -0.25) is 4.98 Å². The Morgan fingerprint density at radius 3 is 2.59 bits per heavy atom. The van der Waals surface area contributed by atoms with Crippen molar-refractivity contribution in [3.63, 3.8) is 0 Å². The first-order valence-corrected chi connectivity index (χ1v) is 10.0. The van der Waals surface area contributed by atoms with Crippen molar-refractivity contribution in [1.82, 2.24) is 14.8 Å². The lowest BCUT2D eigenvalue weighted by Gasteiger charge is -2.28. The van der Waals surface area contributed by atoms with Gasteiger partial charge < -0.3 is 14.7 Å². The molecule has 0 radical (unpaired) electrons. The first kappa shape index (κ1) is 16.6. The number of amides is 2. The van der Waals surface area contributed by atoms with Crippen molar-refractivity contribution < 1.29 is 4.79 Å². The molecule has 2 aromatic rings. The van der Waals surface area contributed by atoms with Gasteiger partial charge in [-0.2, -0.15) is 0 Å². The molecule has 3 aliphatic rings. The van der Waals surface area contributed by atoms with Gasteiger partial charge >= 0.3 is 6.03 Å². The average molecular weight is 362 g/mol. The van der Waals surface area contributed by atoms with Gasteiger partial charge in [-0.15, -0.1) is 0 Å². The quantitative estimate of drug-likeness (QED) is 0.823. The summed E-state index contributed by atoms with van der Waals surface area (Å²) in [5, 5.41) is 0. The van der Waals surface area contributed by atoms with E-state index >= 15 is 0 Å². The second kappa shape index (κ2) is 6.55. The third-order valence-electron chi connectivity index (χ3n) is 6.34. The fraction of sp³-hybridized carbons (Fsp3) is 0.455. The number of anilines is 1. The highest BCUT2D eigenvalue weighted by Gasteiger charge is 2.50. The molecule has 1 atom stereocenters. The van der Waals surface area contributed by atoms with Gasteiger partial charge in [0.2, 0.25) is 0 Å². The van der Waals surface area contributed by atoms with E-state index in [1.807, 2.05) is 17.2 Å². The number of aromatic nitrogens is 1. The van der Waals surface area contributed by atoms with Gasteiger partial charge in [0.1, 0.15) is 0 Å². The number of urea groups is 1. The van der Waals surface area contributed by atoms with Crippen molar-refractivity contribution >= 4 is 11.7 Å². The first-order valence-electron chi connectivity index (χ1n) is 10.0. The van der Waals surface area contributed by atoms with Crippen LogP contribution in [-0.2, 0) is 12.0 Å². The summed E-state index contributed by atoms with van der Waals surface area (Å²) in [5.41, 5.74) is 3.70. The topological polar surface area (TPSA) is 39.7 Å². The normalized spacial score (nSPS) is 24.1. The van der Waals surface area contributed by atoms with Crippen LogP contribution in [0.1, 0.15) is 30.5 Å². The van der Waals surface area contributed by atoms with Crippen molar-refractivity contribution in [3.05, 3.63) is 59.9 Å². The maximum atomic E-state index is 12.9. The zero-order valence-electron chi connectivity index (χ0n) is 15.7. The summed E-state index contributed by atoms with van der Waals surface area (Å²) >= 11 is 0. The van der Waals surface area contributed by atoms with Crippen LogP contribution in [0.2, 0.25) is 0 Å². The maximum Gasteiger partial charge on any atom is 0.320 e. The number of pyridine rings is 1. The number of hydrogen-bond acceptors (Lipinski definition) is 3. The molecule has 5 heteroatoms. The highest BCUT2D eigenvalue weighted by atomic mass is 16.2. The van der Waals surface area contributed by atoms with E-state index in [2.05, 4.69) is 46.2 Å². The Kier molecular flexibility index (Phi) is 4.03. The van der Waals surface area contributed by atoms with Gasteiger partial charge in [-0.25, -0.2) is 4.79 Å². The lowest BCUT2D eigenvalue weighted by molar-refractivity contribution is 0.170. The maximum absolute atomic E-state index is 12.9. The summed E-state index contributed by atoms with van der Waals surface area (Å²) in [4.78, 5) is 24.2. The van der Waals surface area contributed by atoms with Gasteiger partial charge in [0.15, 0.2) is 0 Å². The van der Waals surface area contributed by atoms with Crippen molar-refractivity contribution in [2.45, 2.75) is 31.2 Å². The fourth-order valence-corrected chi connectivity index (χ4v) is 5.00. The molecule has 1 spiro atoms. The van der Waals surface area contributed by atoms with Gasteiger partial charge in [-0.05, 0) is 37.0 Å². The van der Waals surface area contributed by atoms with E-state index in [-0.39, 0.29) is 11.4 Å². The van der Waals surface area contributed by atoms with Crippen molar-refractivity contribution in [2.24, 2.45) is 0 Å². The minimum Gasteiger partial charge on any atom is -0.365 e. The molecule has 1 aromatic carbocycles. The predicted molar refractivity (Wildman–Crippen MR) is 106 cm³/mol. The van der Waals surface area contributed by atoms with E-state index < -0.39 is 0 Å². The number of benzene rings is 1. The van der Waals surface area contributed by atoms with Crippen LogP contribution in [0, 0.1) is 0 Å². The smallest absolute Gasteiger partial charge is 0.320 e. The molecule has 0 aliphatic carbocycles. The molecule has 5 rings (SSSR count). The second-order valence-electron chi connectivity index (χ2n) is 8.14. The Hall–Kier alpha value is -2.56. The molecule has 0 bridgehead atoms. The first-order chi connectivity index (χ1) is 13.3. The van der Waals surface area contributed by atoms with Crippen LogP contribution in [-0.4, -0.2) is 53.5 Å². The summed E-state index contributed by atoms with van der Waals surface area (Å²) in [6.07, 6.45) is 5.18. The number of rotatable bonds is 2.